The van der Waals surface area contributed by atoms with E-state index in [1.807, 2.05) is 49.4 Å². The van der Waals surface area contributed by atoms with Crippen LogP contribution >= 0.6 is 0 Å². The van der Waals surface area contributed by atoms with Crippen LogP contribution in [-0.4, -0.2) is 32.2 Å². The lowest BCUT2D eigenvalue weighted by atomic mass is 10.1. The van der Waals surface area contributed by atoms with Gasteiger partial charge in [0.25, 0.3) is 5.91 Å². The molecule has 120 valence electrons. The Morgan fingerprint density at radius 2 is 2.17 bits per heavy atom. The fraction of sp³-hybridized carbons (Fsp3) is 0.176. The van der Waals surface area contributed by atoms with Crippen LogP contribution in [0, 0.1) is 6.92 Å². The van der Waals surface area contributed by atoms with Crippen LogP contribution < -0.4 is 10.1 Å². The maximum atomic E-state index is 12.4. The predicted molar refractivity (Wildman–Crippen MR) is 87.1 cm³/mol. The number of amides is 1. The summed E-state index contributed by atoms with van der Waals surface area (Å²) < 4.78 is 7.29. The van der Waals surface area contributed by atoms with Crippen LogP contribution in [0.5, 0.6) is 5.75 Å². The highest BCUT2D eigenvalue weighted by Gasteiger charge is 2.28. The molecule has 1 aromatic heterocycles. The third-order valence-corrected chi connectivity index (χ3v) is 4.00. The standard InChI is InChI=1S/C17H15N5O2/c1-11-8-13(6-7-14(11)22-10-18-20-21-22)19-17(23)16-9-12-4-2-3-5-15(12)24-16/h2-8,10,16H,9H2,1H3,(H,19,23). The van der Waals surface area contributed by atoms with Crippen molar-refractivity contribution in [2.24, 2.45) is 0 Å². The number of carbonyl (C=O) groups excluding carboxylic acids is 1. The molecule has 0 radical (unpaired) electrons. The summed E-state index contributed by atoms with van der Waals surface area (Å²) in [7, 11) is 0. The van der Waals surface area contributed by atoms with Gasteiger partial charge in [-0.3, -0.25) is 4.79 Å². The second-order valence-electron chi connectivity index (χ2n) is 5.66. The average Bonchev–Trinajstić information content (AvgIpc) is 3.24. The average molecular weight is 321 g/mol. The summed E-state index contributed by atoms with van der Waals surface area (Å²) >= 11 is 0. The molecule has 1 aliphatic rings. The normalized spacial score (nSPS) is 15.6. The zero-order valence-electron chi connectivity index (χ0n) is 13.0. The van der Waals surface area contributed by atoms with Gasteiger partial charge < -0.3 is 10.1 Å². The number of nitrogens with zero attached hydrogens (tertiary/aromatic N) is 4. The minimum Gasteiger partial charge on any atom is -0.480 e. The molecule has 1 unspecified atom stereocenters. The predicted octanol–water partition coefficient (Wildman–Crippen LogP) is 1.91. The molecule has 0 bridgehead atoms. The summed E-state index contributed by atoms with van der Waals surface area (Å²) in [5, 5.41) is 14.0. The number of aryl methyl sites for hydroxylation is 1. The van der Waals surface area contributed by atoms with Gasteiger partial charge in [0, 0.05) is 12.1 Å². The molecule has 2 aromatic carbocycles. The van der Waals surface area contributed by atoms with Crippen molar-refractivity contribution in [2.45, 2.75) is 19.4 Å². The first kappa shape index (κ1) is 14.4. The number of para-hydroxylation sites is 1. The molecule has 1 amide bonds. The van der Waals surface area contributed by atoms with Gasteiger partial charge in [-0.25, -0.2) is 4.68 Å². The molecule has 0 saturated heterocycles. The first-order chi connectivity index (χ1) is 11.7. The summed E-state index contributed by atoms with van der Waals surface area (Å²) in [5.41, 5.74) is 3.59. The summed E-state index contributed by atoms with van der Waals surface area (Å²) in [4.78, 5) is 12.4. The van der Waals surface area contributed by atoms with Crippen molar-refractivity contribution >= 4 is 11.6 Å². The molecule has 7 nitrogen and oxygen atoms in total. The number of benzene rings is 2. The van der Waals surface area contributed by atoms with Crippen molar-refractivity contribution in [3.8, 4) is 11.4 Å². The highest BCUT2D eigenvalue weighted by Crippen LogP contribution is 2.29. The second kappa shape index (κ2) is 5.77. The molecule has 1 aliphatic heterocycles. The van der Waals surface area contributed by atoms with E-state index >= 15 is 0 Å². The number of rotatable bonds is 3. The Balaban J connectivity index is 1.48. The number of hydrogen-bond donors (Lipinski definition) is 1. The number of nitrogens with one attached hydrogen (secondary N) is 1. The van der Waals surface area contributed by atoms with E-state index < -0.39 is 6.10 Å². The van der Waals surface area contributed by atoms with Gasteiger partial charge in [-0.15, -0.1) is 5.10 Å². The zero-order valence-corrected chi connectivity index (χ0v) is 13.0. The Morgan fingerprint density at radius 1 is 1.29 bits per heavy atom. The summed E-state index contributed by atoms with van der Waals surface area (Å²) in [6.07, 6.45) is 1.62. The maximum absolute atomic E-state index is 12.4. The largest absolute Gasteiger partial charge is 0.480 e. The van der Waals surface area contributed by atoms with Gasteiger partial charge in [0.1, 0.15) is 12.1 Å². The van der Waals surface area contributed by atoms with E-state index in [-0.39, 0.29) is 5.91 Å². The first-order valence-electron chi connectivity index (χ1n) is 7.60. The molecule has 0 saturated carbocycles. The van der Waals surface area contributed by atoms with Crippen molar-refractivity contribution in [3.63, 3.8) is 0 Å². The Morgan fingerprint density at radius 3 is 2.92 bits per heavy atom. The number of carbonyl (C=O) groups is 1. The van der Waals surface area contributed by atoms with E-state index in [2.05, 4.69) is 20.8 Å². The number of hydrogen-bond acceptors (Lipinski definition) is 5. The topological polar surface area (TPSA) is 81.9 Å². The van der Waals surface area contributed by atoms with Crippen LogP contribution in [0.25, 0.3) is 5.69 Å². The molecule has 2 heterocycles. The molecular formula is C17H15N5O2. The summed E-state index contributed by atoms with van der Waals surface area (Å²) in [6, 6.07) is 13.3. The molecule has 0 spiro atoms. The smallest absolute Gasteiger partial charge is 0.265 e. The monoisotopic (exact) mass is 321 g/mol. The molecule has 7 heteroatoms. The van der Waals surface area contributed by atoms with Gasteiger partial charge in [0.05, 0.1) is 5.69 Å². The summed E-state index contributed by atoms with van der Waals surface area (Å²) in [5.74, 6) is 0.628. The molecule has 24 heavy (non-hydrogen) atoms. The van der Waals surface area contributed by atoms with Gasteiger partial charge in [0.2, 0.25) is 0 Å². The highest BCUT2D eigenvalue weighted by atomic mass is 16.5. The van der Waals surface area contributed by atoms with E-state index in [9.17, 15) is 4.79 Å². The molecule has 3 aromatic rings. The van der Waals surface area contributed by atoms with Gasteiger partial charge in [-0.1, -0.05) is 18.2 Å². The van der Waals surface area contributed by atoms with E-state index in [4.69, 9.17) is 4.74 Å². The summed E-state index contributed by atoms with van der Waals surface area (Å²) in [6.45, 7) is 1.94. The van der Waals surface area contributed by atoms with Crippen LogP contribution in [0.4, 0.5) is 5.69 Å². The van der Waals surface area contributed by atoms with Gasteiger partial charge in [-0.05, 0) is 52.7 Å². The van der Waals surface area contributed by atoms with E-state index in [0.29, 0.717) is 12.1 Å². The Kier molecular flexibility index (Phi) is 3.45. The van der Waals surface area contributed by atoms with Crippen molar-refractivity contribution in [3.05, 3.63) is 59.9 Å². The Hall–Kier alpha value is -3.22. The Bertz CT molecular complexity index is 867. The molecular weight excluding hydrogens is 306 g/mol. The minimum atomic E-state index is -0.498. The van der Waals surface area contributed by atoms with Gasteiger partial charge in [0.15, 0.2) is 6.10 Å². The second-order valence-corrected chi connectivity index (χ2v) is 5.66. The number of fused-ring (bicyclic) bond motifs is 1. The molecule has 1 N–H and O–H groups in total. The lowest BCUT2D eigenvalue weighted by molar-refractivity contribution is -0.122. The van der Waals surface area contributed by atoms with Crippen LogP contribution in [0.2, 0.25) is 0 Å². The van der Waals surface area contributed by atoms with E-state index in [1.54, 1.807) is 4.68 Å². The van der Waals surface area contributed by atoms with Crippen molar-refractivity contribution in [2.75, 3.05) is 5.32 Å². The van der Waals surface area contributed by atoms with Crippen molar-refractivity contribution in [1.29, 1.82) is 0 Å². The lowest BCUT2D eigenvalue weighted by Crippen LogP contribution is -2.31. The fourth-order valence-electron chi connectivity index (χ4n) is 2.81. The maximum Gasteiger partial charge on any atom is 0.265 e. The quantitative estimate of drug-likeness (QED) is 0.797. The molecule has 0 aliphatic carbocycles. The first-order valence-corrected chi connectivity index (χ1v) is 7.60. The number of ether oxygens (including phenoxy) is 1. The van der Waals surface area contributed by atoms with Gasteiger partial charge >= 0.3 is 0 Å². The Labute approximate surface area is 138 Å². The SMILES string of the molecule is Cc1cc(NC(=O)C2Cc3ccccc3O2)ccc1-n1cnnn1. The number of aromatic nitrogens is 4. The van der Waals surface area contributed by atoms with Crippen molar-refractivity contribution in [1.82, 2.24) is 20.2 Å². The highest BCUT2D eigenvalue weighted by molar-refractivity contribution is 5.95. The van der Waals surface area contributed by atoms with Crippen LogP contribution in [0.1, 0.15) is 11.1 Å². The fourth-order valence-corrected chi connectivity index (χ4v) is 2.81. The zero-order chi connectivity index (χ0) is 16.5. The third kappa shape index (κ3) is 2.60. The van der Waals surface area contributed by atoms with Crippen LogP contribution in [0.3, 0.4) is 0 Å². The minimum absolute atomic E-state index is 0.152. The number of anilines is 1. The van der Waals surface area contributed by atoms with E-state index in [0.717, 1.165) is 22.6 Å². The number of tetrazole rings is 1. The van der Waals surface area contributed by atoms with Gasteiger partial charge in [-0.2, -0.15) is 0 Å². The van der Waals surface area contributed by atoms with Crippen LogP contribution in [-0.2, 0) is 11.2 Å². The molecule has 4 rings (SSSR count). The lowest BCUT2D eigenvalue weighted by Gasteiger charge is -2.13. The third-order valence-electron chi connectivity index (χ3n) is 4.00. The molecule has 1 atom stereocenters. The van der Waals surface area contributed by atoms with E-state index in [1.165, 1.54) is 6.33 Å². The molecule has 0 fully saturated rings. The van der Waals surface area contributed by atoms with Crippen molar-refractivity contribution < 1.29 is 9.53 Å². The van der Waals surface area contributed by atoms with Crippen LogP contribution in [0.15, 0.2) is 48.8 Å².